The monoisotopic (exact) mass is 402 g/mol. The fourth-order valence-corrected chi connectivity index (χ4v) is 5.02. The van der Waals surface area contributed by atoms with Crippen LogP contribution in [0.25, 0.3) is 0 Å². The molecule has 2 aliphatic carbocycles. The van der Waals surface area contributed by atoms with Gasteiger partial charge in [-0.3, -0.25) is 0 Å². The minimum absolute atomic E-state index is 0.398. The highest BCUT2D eigenvalue weighted by Crippen LogP contribution is 2.39. The summed E-state index contributed by atoms with van der Waals surface area (Å²) in [5.41, 5.74) is 1.51. The third kappa shape index (κ3) is 4.50. The van der Waals surface area contributed by atoms with Gasteiger partial charge in [0.05, 0.1) is 5.69 Å². The van der Waals surface area contributed by atoms with Crippen LogP contribution in [0.2, 0.25) is 0 Å². The highest BCUT2D eigenvalue weighted by atomic mass is 32.2. The Balaban J connectivity index is 1.38. The van der Waals surface area contributed by atoms with Crippen molar-refractivity contribution in [1.82, 2.24) is 5.32 Å². The number of rotatable bonds is 5. The molecular formula is C21H20F2N2S2. The third-order valence-corrected chi connectivity index (χ3v) is 6.41. The van der Waals surface area contributed by atoms with Gasteiger partial charge in [-0.25, -0.2) is 8.78 Å². The van der Waals surface area contributed by atoms with Gasteiger partial charge >= 0.3 is 0 Å². The molecule has 140 valence electrons. The van der Waals surface area contributed by atoms with Crippen molar-refractivity contribution in [1.29, 1.82) is 0 Å². The first-order chi connectivity index (χ1) is 13.1. The van der Waals surface area contributed by atoms with Crippen LogP contribution in [0.15, 0.2) is 59.5 Å². The first kappa shape index (κ1) is 18.4. The Labute approximate surface area is 167 Å². The molecule has 2 nitrogen and oxygen atoms in total. The lowest BCUT2D eigenvalue weighted by atomic mass is 10.0. The highest BCUT2D eigenvalue weighted by molar-refractivity contribution is 7.98. The van der Waals surface area contributed by atoms with E-state index >= 15 is 0 Å². The number of benzene rings is 2. The summed E-state index contributed by atoms with van der Waals surface area (Å²) in [6.45, 7) is 0. The highest BCUT2D eigenvalue weighted by Gasteiger charge is 2.35. The SMILES string of the molecule is Fc1cc(F)cc(CSc2ccccc2NC(=S)N[C@@H]2C[C@H]3C=C[C@H]2C3)c1. The van der Waals surface area contributed by atoms with Gasteiger partial charge in [0.2, 0.25) is 0 Å². The van der Waals surface area contributed by atoms with Crippen molar-refractivity contribution in [3.05, 3.63) is 71.8 Å². The summed E-state index contributed by atoms with van der Waals surface area (Å²) in [4.78, 5) is 0.985. The molecule has 0 spiro atoms. The van der Waals surface area contributed by atoms with E-state index in [9.17, 15) is 8.78 Å². The van der Waals surface area contributed by atoms with Gasteiger partial charge in [0.1, 0.15) is 11.6 Å². The van der Waals surface area contributed by atoms with Crippen LogP contribution >= 0.6 is 24.0 Å². The van der Waals surface area contributed by atoms with Crippen LogP contribution in [0.1, 0.15) is 18.4 Å². The van der Waals surface area contributed by atoms with E-state index < -0.39 is 11.6 Å². The zero-order valence-electron chi connectivity index (χ0n) is 14.6. The van der Waals surface area contributed by atoms with Crippen LogP contribution in [-0.2, 0) is 5.75 Å². The van der Waals surface area contributed by atoms with Crippen LogP contribution in [-0.4, -0.2) is 11.2 Å². The summed E-state index contributed by atoms with van der Waals surface area (Å²) < 4.78 is 26.7. The van der Waals surface area contributed by atoms with Crippen molar-refractivity contribution < 1.29 is 8.78 Å². The Morgan fingerprint density at radius 3 is 2.56 bits per heavy atom. The predicted molar refractivity (Wildman–Crippen MR) is 111 cm³/mol. The Kier molecular flexibility index (Phi) is 5.45. The topological polar surface area (TPSA) is 24.1 Å². The number of para-hydroxylation sites is 1. The van der Waals surface area contributed by atoms with Crippen LogP contribution in [0.5, 0.6) is 0 Å². The maximum Gasteiger partial charge on any atom is 0.171 e. The van der Waals surface area contributed by atoms with Crippen molar-refractivity contribution in [2.75, 3.05) is 5.32 Å². The van der Waals surface area contributed by atoms with E-state index in [0.717, 1.165) is 23.1 Å². The largest absolute Gasteiger partial charge is 0.359 e. The lowest BCUT2D eigenvalue weighted by Gasteiger charge is -2.22. The molecule has 0 aliphatic heterocycles. The Morgan fingerprint density at radius 1 is 1.07 bits per heavy atom. The number of hydrogen-bond acceptors (Lipinski definition) is 2. The molecule has 2 aromatic rings. The van der Waals surface area contributed by atoms with Crippen molar-refractivity contribution in [3.63, 3.8) is 0 Å². The maximum atomic E-state index is 13.4. The normalized spacial score (nSPS) is 22.8. The van der Waals surface area contributed by atoms with Gasteiger partial charge in [-0.05, 0) is 66.7 Å². The lowest BCUT2D eigenvalue weighted by molar-refractivity contribution is 0.526. The lowest BCUT2D eigenvalue weighted by Crippen LogP contribution is -2.40. The molecule has 4 rings (SSSR count). The van der Waals surface area contributed by atoms with Crippen molar-refractivity contribution in [2.45, 2.75) is 29.5 Å². The number of allylic oxidation sites excluding steroid dienone is 1. The van der Waals surface area contributed by atoms with Gasteiger partial charge in [-0.1, -0.05) is 24.3 Å². The second kappa shape index (κ2) is 7.98. The molecule has 0 unspecified atom stereocenters. The molecule has 6 heteroatoms. The van der Waals surface area contributed by atoms with E-state index in [2.05, 4.69) is 22.8 Å². The molecule has 1 fully saturated rings. The summed E-state index contributed by atoms with van der Waals surface area (Å²) in [6, 6.07) is 11.8. The van der Waals surface area contributed by atoms with Crippen LogP contribution < -0.4 is 10.6 Å². The van der Waals surface area contributed by atoms with Crippen molar-refractivity contribution in [3.8, 4) is 0 Å². The summed E-state index contributed by atoms with van der Waals surface area (Å²) in [7, 11) is 0. The molecule has 3 atom stereocenters. The van der Waals surface area contributed by atoms with E-state index in [-0.39, 0.29) is 0 Å². The summed E-state index contributed by atoms with van der Waals surface area (Å²) >= 11 is 7.03. The average Bonchev–Trinajstić information content (AvgIpc) is 3.23. The van der Waals surface area contributed by atoms with Gasteiger partial charge in [0.25, 0.3) is 0 Å². The quantitative estimate of drug-likeness (QED) is 0.391. The summed E-state index contributed by atoms with van der Waals surface area (Å²) in [5, 5.41) is 7.34. The summed E-state index contributed by atoms with van der Waals surface area (Å²) in [6.07, 6.45) is 6.94. The van der Waals surface area contributed by atoms with Crippen LogP contribution in [0.4, 0.5) is 14.5 Å². The smallest absolute Gasteiger partial charge is 0.171 e. The van der Waals surface area contributed by atoms with Gasteiger partial charge < -0.3 is 10.6 Å². The molecule has 2 aliphatic rings. The molecular weight excluding hydrogens is 382 g/mol. The van der Waals surface area contributed by atoms with Gasteiger partial charge in [-0.15, -0.1) is 11.8 Å². The van der Waals surface area contributed by atoms with E-state index in [4.69, 9.17) is 12.2 Å². The molecule has 2 aromatic carbocycles. The number of fused-ring (bicyclic) bond motifs is 2. The number of hydrogen-bond donors (Lipinski definition) is 2. The first-order valence-corrected chi connectivity index (χ1v) is 10.4. The molecule has 2 bridgehead atoms. The minimum atomic E-state index is -0.553. The molecule has 27 heavy (non-hydrogen) atoms. The zero-order valence-corrected chi connectivity index (χ0v) is 16.3. The Hall–Kier alpha value is -1.92. The molecule has 0 saturated heterocycles. The fourth-order valence-electron chi connectivity index (χ4n) is 3.82. The van der Waals surface area contributed by atoms with Gasteiger partial charge in [0, 0.05) is 22.8 Å². The molecule has 0 radical (unpaired) electrons. The second-order valence-electron chi connectivity index (χ2n) is 7.05. The van der Waals surface area contributed by atoms with E-state index in [1.165, 1.54) is 30.3 Å². The third-order valence-electron chi connectivity index (χ3n) is 5.05. The van der Waals surface area contributed by atoms with E-state index in [1.54, 1.807) is 0 Å². The van der Waals surface area contributed by atoms with Crippen molar-refractivity contribution >= 4 is 34.8 Å². The fraction of sp³-hybridized carbons (Fsp3) is 0.286. The standard InChI is InChI=1S/C21H20F2N2S2/c22-16-8-14(9-17(23)11-16)12-27-20-4-2-1-3-18(20)24-21(26)25-19-10-13-5-6-15(19)7-13/h1-6,8-9,11,13,15,19H,7,10,12H2,(H2,24,25,26)/t13-,15-,19+/m0/s1. The van der Waals surface area contributed by atoms with Crippen molar-refractivity contribution in [2.24, 2.45) is 11.8 Å². The van der Waals surface area contributed by atoms with Crippen LogP contribution in [0.3, 0.4) is 0 Å². The van der Waals surface area contributed by atoms with Crippen LogP contribution in [0, 0.1) is 23.5 Å². The molecule has 0 heterocycles. The molecule has 0 amide bonds. The zero-order chi connectivity index (χ0) is 18.8. The number of halogens is 2. The Bertz CT molecular complexity index is 864. The average molecular weight is 403 g/mol. The second-order valence-corrected chi connectivity index (χ2v) is 8.47. The number of anilines is 1. The Morgan fingerprint density at radius 2 is 1.85 bits per heavy atom. The predicted octanol–water partition coefficient (Wildman–Crippen LogP) is 5.51. The minimum Gasteiger partial charge on any atom is -0.359 e. The summed E-state index contributed by atoms with van der Waals surface area (Å²) in [5.74, 6) is 0.627. The number of thiocarbonyl (C=S) groups is 1. The molecule has 0 aromatic heterocycles. The first-order valence-electron chi connectivity index (χ1n) is 8.99. The maximum absolute atomic E-state index is 13.4. The molecule has 1 saturated carbocycles. The number of nitrogens with one attached hydrogen (secondary N) is 2. The van der Waals surface area contributed by atoms with Gasteiger partial charge in [0.15, 0.2) is 5.11 Å². The van der Waals surface area contributed by atoms with Gasteiger partial charge in [-0.2, -0.15) is 0 Å². The van der Waals surface area contributed by atoms with E-state index in [1.807, 2.05) is 24.3 Å². The number of thioether (sulfide) groups is 1. The molecule has 2 N–H and O–H groups in total. The van der Waals surface area contributed by atoms with E-state index in [0.29, 0.717) is 34.3 Å².